The number of nitro groups is 1. The molecule has 0 aliphatic carbocycles. The summed E-state index contributed by atoms with van der Waals surface area (Å²) in [6.45, 7) is 0. The number of non-ortho nitro benzene ring substituents is 1. The summed E-state index contributed by atoms with van der Waals surface area (Å²) in [4.78, 5) is 9.69. The van der Waals surface area contributed by atoms with Crippen molar-refractivity contribution in [1.82, 2.24) is 0 Å². The van der Waals surface area contributed by atoms with Crippen molar-refractivity contribution in [3.8, 4) is 11.8 Å². The topological polar surface area (TPSA) is 43.1 Å². The summed E-state index contributed by atoms with van der Waals surface area (Å²) in [6.07, 6.45) is -4.58. The second-order valence-electron chi connectivity index (χ2n) is 2.92. The van der Waals surface area contributed by atoms with E-state index in [0.717, 1.165) is 12.1 Å². The summed E-state index contributed by atoms with van der Waals surface area (Å²) in [6, 6.07) is 2.29. The van der Waals surface area contributed by atoms with E-state index in [0.29, 0.717) is 6.07 Å². The fraction of sp³-hybridized carbons (Fsp3) is 0.200. The van der Waals surface area contributed by atoms with Crippen LogP contribution in [0.2, 0.25) is 0 Å². The fourth-order valence-corrected chi connectivity index (χ4v) is 1.27. The summed E-state index contributed by atoms with van der Waals surface area (Å²) < 4.78 is 37.7. The Morgan fingerprint density at radius 3 is 2.53 bits per heavy atom. The first kappa shape index (κ1) is 13.5. The molecule has 7 heteroatoms. The molecule has 0 saturated carbocycles. The molecule has 0 aliphatic heterocycles. The SMILES string of the molecule is O=[N+]([O-])c1ccc(C(F)(F)F)c(C#CCBr)c1. The van der Waals surface area contributed by atoms with Crippen LogP contribution in [0.4, 0.5) is 18.9 Å². The van der Waals surface area contributed by atoms with Gasteiger partial charge in [0.05, 0.1) is 15.8 Å². The Hall–Kier alpha value is -1.55. The summed E-state index contributed by atoms with van der Waals surface area (Å²) in [5.74, 6) is 4.63. The standard InChI is InChI=1S/C10H5BrF3NO2/c11-5-1-2-7-6-8(15(16)17)3-4-9(7)10(12,13)14/h3-4,6H,5H2. The van der Waals surface area contributed by atoms with Crippen molar-refractivity contribution in [3.63, 3.8) is 0 Å². The molecule has 3 nitrogen and oxygen atoms in total. The van der Waals surface area contributed by atoms with Gasteiger partial charge in [-0.15, -0.1) is 0 Å². The maximum atomic E-state index is 12.6. The van der Waals surface area contributed by atoms with Gasteiger partial charge in [-0.1, -0.05) is 27.8 Å². The summed E-state index contributed by atoms with van der Waals surface area (Å²) in [5.41, 5.74) is -1.79. The van der Waals surface area contributed by atoms with Gasteiger partial charge in [-0.05, 0) is 6.07 Å². The second kappa shape index (κ2) is 5.19. The van der Waals surface area contributed by atoms with Crippen LogP contribution < -0.4 is 0 Å². The molecular formula is C10H5BrF3NO2. The molecule has 0 bridgehead atoms. The molecule has 0 aromatic heterocycles. The Bertz CT molecular complexity index is 502. The summed E-state index contributed by atoms with van der Waals surface area (Å²) in [7, 11) is 0. The van der Waals surface area contributed by atoms with Crippen LogP contribution in [-0.4, -0.2) is 10.3 Å². The van der Waals surface area contributed by atoms with Crippen molar-refractivity contribution >= 4 is 21.6 Å². The van der Waals surface area contributed by atoms with Crippen LogP contribution >= 0.6 is 15.9 Å². The predicted molar refractivity (Wildman–Crippen MR) is 58.8 cm³/mol. The molecule has 0 fully saturated rings. The third-order valence-corrected chi connectivity index (χ3v) is 2.09. The van der Waals surface area contributed by atoms with Crippen LogP contribution in [0.3, 0.4) is 0 Å². The van der Waals surface area contributed by atoms with Crippen LogP contribution in [-0.2, 0) is 6.18 Å². The lowest BCUT2D eigenvalue weighted by atomic mass is 10.1. The molecule has 0 saturated heterocycles. The smallest absolute Gasteiger partial charge is 0.258 e. The van der Waals surface area contributed by atoms with E-state index in [9.17, 15) is 23.3 Å². The number of alkyl halides is 4. The van der Waals surface area contributed by atoms with Crippen molar-refractivity contribution < 1.29 is 18.1 Å². The highest BCUT2D eigenvalue weighted by molar-refractivity contribution is 9.09. The minimum absolute atomic E-state index is 0.187. The molecule has 0 spiro atoms. The lowest BCUT2D eigenvalue weighted by molar-refractivity contribution is -0.384. The van der Waals surface area contributed by atoms with Gasteiger partial charge in [0.2, 0.25) is 0 Å². The second-order valence-corrected chi connectivity index (χ2v) is 3.48. The Morgan fingerprint density at radius 2 is 2.06 bits per heavy atom. The van der Waals surface area contributed by atoms with Crippen molar-refractivity contribution in [3.05, 3.63) is 39.4 Å². The van der Waals surface area contributed by atoms with Crippen LogP contribution in [0.5, 0.6) is 0 Å². The zero-order valence-electron chi connectivity index (χ0n) is 8.21. The Kier molecular flexibility index (Phi) is 4.12. The molecule has 0 heterocycles. The van der Waals surface area contributed by atoms with E-state index in [2.05, 4.69) is 27.8 Å². The number of hydrogen-bond acceptors (Lipinski definition) is 2. The number of halogens is 4. The largest absolute Gasteiger partial charge is 0.417 e. The van der Waals surface area contributed by atoms with Gasteiger partial charge < -0.3 is 0 Å². The summed E-state index contributed by atoms with van der Waals surface area (Å²) >= 11 is 2.94. The highest BCUT2D eigenvalue weighted by Crippen LogP contribution is 2.33. The van der Waals surface area contributed by atoms with Gasteiger partial charge in [0, 0.05) is 17.7 Å². The average Bonchev–Trinajstić information content (AvgIpc) is 2.24. The van der Waals surface area contributed by atoms with Crippen molar-refractivity contribution in [2.75, 3.05) is 5.33 Å². The number of hydrogen-bond donors (Lipinski definition) is 0. The molecule has 1 rings (SSSR count). The van der Waals surface area contributed by atoms with Gasteiger partial charge in [0.25, 0.3) is 5.69 Å². The molecule has 1 aromatic carbocycles. The Labute approximate surface area is 103 Å². The van der Waals surface area contributed by atoms with Crippen LogP contribution in [0.25, 0.3) is 0 Å². The van der Waals surface area contributed by atoms with Gasteiger partial charge in [0.15, 0.2) is 0 Å². The Balaban J connectivity index is 3.37. The molecule has 0 N–H and O–H groups in total. The predicted octanol–water partition coefficient (Wildman–Crippen LogP) is 3.36. The van der Waals surface area contributed by atoms with Crippen molar-refractivity contribution in [2.45, 2.75) is 6.18 Å². The normalized spacial score (nSPS) is 10.6. The Morgan fingerprint density at radius 1 is 1.41 bits per heavy atom. The van der Waals surface area contributed by atoms with Gasteiger partial charge in [-0.2, -0.15) is 13.2 Å². The van der Waals surface area contributed by atoms with Gasteiger partial charge >= 0.3 is 6.18 Å². The molecule has 0 amide bonds. The number of nitrogens with zero attached hydrogens (tertiary/aromatic N) is 1. The van der Waals surface area contributed by atoms with Crippen molar-refractivity contribution in [2.24, 2.45) is 0 Å². The fourth-order valence-electron chi connectivity index (χ4n) is 1.13. The molecular weight excluding hydrogens is 303 g/mol. The third kappa shape index (κ3) is 3.46. The molecule has 0 atom stereocenters. The van der Waals surface area contributed by atoms with Gasteiger partial charge in [0.1, 0.15) is 0 Å². The van der Waals surface area contributed by atoms with Crippen LogP contribution in [0.1, 0.15) is 11.1 Å². The minimum Gasteiger partial charge on any atom is -0.258 e. The van der Waals surface area contributed by atoms with Crippen LogP contribution in [0, 0.1) is 22.0 Å². The van der Waals surface area contributed by atoms with E-state index in [4.69, 9.17) is 0 Å². The third-order valence-electron chi connectivity index (χ3n) is 1.81. The van der Waals surface area contributed by atoms with Gasteiger partial charge in [-0.25, -0.2) is 0 Å². The highest BCUT2D eigenvalue weighted by Gasteiger charge is 2.33. The van der Waals surface area contributed by atoms with Gasteiger partial charge in [-0.3, -0.25) is 10.1 Å². The zero-order chi connectivity index (χ0) is 13.1. The monoisotopic (exact) mass is 307 g/mol. The van der Waals surface area contributed by atoms with Crippen molar-refractivity contribution in [1.29, 1.82) is 0 Å². The molecule has 1 aromatic rings. The van der Waals surface area contributed by atoms with Crippen LogP contribution in [0.15, 0.2) is 18.2 Å². The average molecular weight is 308 g/mol. The maximum absolute atomic E-state index is 12.6. The van der Waals surface area contributed by atoms with E-state index >= 15 is 0 Å². The first-order chi connectivity index (χ1) is 7.86. The maximum Gasteiger partial charge on any atom is 0.417 e. The lowest BCUT2D eigenvalue weighted by Gasteiger charge is -2.08. The van der Waals surface area contributed by atoms with E-state index < -0.39 is 27.9 Å². The van der Waals surface area contributed by atoms with E-state index in [1.165, 1.54) is 0 Å². The summed E-state index contributed by atoms with van der Waals surface area (Å²) in [5, 5.41) is 10.6. The van der Waals surface area contributed by atoms with E-state index in [1.807, 2.05) is 0 Å². The first-order valence-corrected chi connectivity index (χ1v) is 5.39. The lowest BCUT2D eigenvalue weighted by Crippen LogP contribution is -2.08. The molecule has 17 heavy (non-hydrogen) atoms. The zero-order valence-corrected chi connectivity index (χ0v) is 9.80. The highest BCUT2D eigenvalue weighted by atomic mass is 79.9. The molecule has 90 valence electrons. The molecule has 0 aliphatic rings. The molecule has 0 radical (unpaired) electrons. The number of rotatable bonds is 1. The first-order valence-electron chi connectivity index (χ1n) is 4.26. The molecule has 0 unspecified atom stereocenters. The van der Waals surface area contributed by atoms with E-state index in [1.54, 1.807) is 0 Å². The minimum atomic E-state index is -4.58. The quantitative estimate of drug-likeness (QED) is 0.345. The number of nitro benzene ring substituents is 1. The number of benzene rings is 1. The van der Waals surface area contributed by atoms with E-state index in [-0.39, 0.29) is 5.33 Å².